The second-order valence-electron chi connectivity index (χ2n) is 10.0. The maximum atomic E-state index is 13.4. The zero-order valence-electron chi connectivity index (χ0n) is 23.4. The summed E-state index contributed by atoms with van der Waals surface area (Å²) >= 11 is 1.29. The van der Waals surface area contributed by atoms with Crippen molar-refractivity contribution in [2.24, 2.45) is 11.8 Å². The lowest BCUT2D eigenvalue weighted by Gasteiger charge is -2.33. The lowest BCUT2D eigenvalue weighted by molar-refractivity contribution is -0.148. The number of esters is 1. The third-order valence-electron chi connectivity index (χ3n) is 6.38. The fraction of sp³-hybridized carbons (Fsp3) is 0.393. The summed E-state index contributed by atoms with van der Waals surface area (Å²) in [5, 5.41) is 4.48. The minimum atomic E-state index is -4.27. The number of ether oxygens (including phenoxy) is 1. The van der Waals surface area contributed by atoms with Crippen LogP contribution in [0.5, 0.6) is 0 Å². The van der Waals surface area contributed by atoms with Crippen LogP contribution in [0.1, 0.15) is 48.7 Å². The molecule has 3 rings (SSSR count). The van der Waals surface area contributed by atoms with Crippen molar-refractivity contribution in [3.05, 3.63) is 64.9 Å². The van der Waals surface area contributed by atoms with Crippen molar-refractivity contribution in [1.82, 2.24) is 10.6 Å². The molecular weight excluding hydrogens is 554 g/mol. The van der Waals surface area contributed by atoms with Crippen molar-refractivity contribution in [2.75, 3.05) is 18.9 Å². The number of thiophene rings is 1. The van der Waals surface area contributed by atoms with Crippen molar-refractivity contribution in [2.45, 2.75) is 46.2 Å². The van der Waals surface area contributed by atoms with E-state index < -0.39 is 38.5 Å². The monoisotopic (exact) mass is 589 g/mol. The van der Waals surface area contributed by atoms with Gasteiger partial charge in [0.15, 0.2) is 11.3 Å². The molecule has 0 radical (unpaired) electrons. The molecule has 10 nitrogen and oxygen atoms in total. The van der Waals surface area contributed by atoms with E-state index in [0.717, 1.165) is 22.4 Å². The first kappa shape index (κ1) is 31.1. The number of amides is 1. The minimum absolute atomic E-state index is 0.0448. The average molecular weight is 590 g/mol. The lowest BCUT2D eigenvalue weighted by Crippen LogP contribution is -2.62. The van der Waals surface area contributed by atoms with Gasteiger partial charge in [0, 0.05) is 24.0 Å². The Balaban J connectivity index is 1.91. The summed E-state index contributed by atoms with van der Waals surface area (Å²) in [6.07, 6.45) is 2.12. The highest BCUT2D eigenvalue weighted by Crippen LogP contribution is 2.38. The van der Waals surface area contributed by atoms with Gasteiger partial charge < -0.3 is 14.5 Å². The maximum absolute atomic E-state index is 13.4. The molecule has 3 aromatic rings. The number of carbonyl (C=O) groups excluding carboxylic acids is 3. The molecule has 1 amide bonds. The predicted octanol–water partition coefficient (Wildman–Crippen LogP) is 4.83. The molecular formula is C28H35N3O7S2. The summed E-state index contributed by atoms with van der Waals surface area (Å²) in [7, 11) is -1.78. The van der Waals surface area contributed by atoms with Crippen LogP contribution in [0, 0.1) is 11.8 Å². The van der Waals surface area contributed by atoms with E-state index in [1.54, 1.807) is 19.9 Å². The summed E-state index contributed by atoms with van der Waals surface area (Å²) in [6, 6.07) is 12.3. The fourth-order valence-corrected chi connectivity index (χ4v) is 6.65. The molecule has 0 fully saturated rings. The number of benzene rings is 1. The van der Waals surface area contributed by atoms with E-state index in [-0.39, 0.29) is 12.3 Å². The first-order valence-corrected chi connectivity index (χ1v) is 15.0. The van der Waals surface area contributed by atoms with E-state index in [0.29, 0.717) is 16.5 Å². The van der Waals surface area contributed by atoms with E-state index in [1.807, 2.05) is 30.3 Å². The summed E-state index contributed by atoms with van der Waals surface area (Å²) in [5.41, 5.74) is 0.483. The lowest BCUT2D eigenvalue weighted by atomic mass is 9.81. The number of ketones is 1. The smallest absolute Gasteiger partial charge is 0.356 e. The van der Waals surface area contributed by atoms with Gasteiger partial charge >= 0.3 is 21.2 Å². The number of carbonyl (C=O) groups is 3. The summed E-state index contributed by atoms with van der Waals surface area (Å²) in [4.78, 5) is 39.2. The minimum Gasteiger partial charge on any atom is -0.467 e. The number of nitrogens with one attached hydrogen (secondary N) is 3. The maximum Gasteiger partial charge on any atom is 0.356 e. The van der Waals surface area contributed by atoms with Gasteiger partial charge in [0.2, 0.25) is 5.78 Å². The molecule has 0 aliphatic rings. The highest BCUT2D eigenvalue weighted by Gasteiger charge is 2.50. The van der Waals surface area contributed by atoms with Crippen LogP contribution in [0.3, 0.4) is 0 Å². The van der Waals surface area contributed by atoms with Crippen LogP contribution in [0.15, 0.2) is 53.1 Å². The zero-order valence-corrected chi connectivity index (χ0v) is 25.0. The van der Waals surface area contributed by atoms with E-state index in [9.17, 15) is 22.8 Å². The Bertz CT molecular complexity index is 1440. The Morgan fingerprint density at radius 1 is 1.07 bits per heavy atom. The first-order chi connectivity index (χ1) is 18.8. The molecule has 1 atom stereocenters. The second-order valence-corrected chi connectivity index (χ2v) is 12.7. The Labute approximate surface area is 238 Å². The van der Waals surface area contributed by atoms with Gasteiger partial charge in [0.05, 0.1) is 13.4 Å². The molecule has 0 spiro atoms. The molecule has 0 saturated heterocycles. The third-order valence-corrected chi connectivity index (χ3v) is 8.75. The van der Waals surface area contributed by atoms with E-state index in [4.69, 9.17) is 9.15 Å². The average Bonchev–Trinajstić information content (AvgIpc) is 3.58. The topological polar surface area (TPSA) is 144 Å². The van der Waals surface area contributed by atoms with Crippen molar-refractivity contribution in [1.29, 1.82) is 0 Å². The van der Waals surface area contributed by atoms with Crippen LogP contribution in [-0.2, 0) is 32.5 Å². The fourth-order valence-electron chi connectivity index (χ4n) is 4.29. The summed E-state index contributed by atoms with van der Waals surface area (Å²) in [6.45, 7) is 7.80. The number of methoxy groups -OCH3 is 1. The van der Waals surface area contributed by atoms with E-state index in [2.05, 4.69) is 29.2 Å². The molecule has 2 heterocycles. The Kier molecular flexibility index (Phi) is 9.93. The van der Waals surface area contributed by atoms with Crippen molar-refractivity contribution in [3.8, 4) is 11.1 Å². The van der Waals surface area contributed by atoms with Gasteiger partial charge in [-0.25, -0.2) is 4.79 Å². The molecule has 1 aromatic carbocycles. The molecule has 1 unspecified atom stereocenters. The Morgan fingerprint density at radius 2 is 1.75 bits per heavy atom. The molecule has 0 saturated carbocycles. The van der Waals surface area contributed by atoms with Crippen molar-refractivity contribution < 1.29 is 32.0 Å². The number of rotatable bonds is 12. The standard InChI is InChI=1S/C28H35N3O7S2/c1-17(2)14-21-15-22(25(39-21)31-40(35,36)27(34)29-5)20-11-9-19(10-12-20)16-30-28(18(3)4,26(33)37-6)24(32)23-8-7-13-38-23/h7-13,15,17-18,30-31H,14,16H2,1-6H3,(H,29,34). The normalized spacial score (nSPS) is 13.2. The Morgan fingerprint density at radius 3 is 2.27 bits per heavy atom. The molecule has 0 aliphatic heterocycles. The highest BCUT2D eigenvalue weighted by molar-refractivity contribution is 8.07. The number of anilines is 1. The molecule has 40 heavy (non-hydrogen) atoms. The van der Waals surface area contributed by atoms with Crippen LogP contribution < -0.4 is 15.4 Å². The van der Waals surface area contributed by atoms with Crippen LogP contribution in [0.4, 0.5) is 9.80 Å². The quantitative estimate of drug-likeness (QED) is 0.155. The highest BCUT2D eigenvalue weighted by atomic mass is 32.2. The summed E-state index contributed by atoms with van der Waals surface area (Å²) < 4.78 is 37.6. The molecule has 3 N–H and O–H groups in total. The van der Waals surface area contributed by atoms with Gasteiger partial charge in [-0.1, -0.05) is 52.0 Å². The number of hydrogen-bond acceptors (Lipinski definition) is 9. The van der Waals surface area contributed by atoms with Gasteiger partial charge in [0.1, 0.15) is 5.00 Å². The zero-order chi connectivity index (χ0) is 29.7. The second kappa shape index (κ2) is 12.8. The van der Waals surface area contributed by atoms with Crippen LogP contribution in [-0.4, -0.2) is 45.1 Å². The SMILES string of the molecule is CNC(=O)S(=O)(=O)Nc1sc(CC(C)C)cc1-c1ccc(CNC(C(=O)OC)(C(=O)c2ccco2)C(C)C)cc1. The molecule has 216 valence electrons. The van der Waals surface area contributed by atoms with Crippen LogP contribution >= 0.6 is 11.3 Å². The van der Waals surface area contributed by atoms with Gasteiger partial charge in [-0.3, -0.25) is 19.6 Å². The first-order valence-electron chi connectivity index (χ1n) is 12.7. The largest absolute Gasteiger partial charge is 0.467 e. The van der Waals surface area contributed by atoms with Gasteiger partial charge in [0.25, 0.3) is 0 Å². The van der Waals surface area contributed by atoms with Crippen LogP contribution in [0.2, 0.25) is 0 Å². The number of furan rings is 1. The van der Waals surface area contributed by atoms with Gasteiger partial charge in [-0.2, -0.15) is 8.42 Å². The van der Waals surface area contributed by atoms with Gasteiger partial charge in [-0.05, 0) is 47.6 Å². The number of hydrogen-bond donors (Lipinski definition) is 3. The Hall–Kier alpha value is -3.48. The van der Waals surface area contributed by atoms with E-state index in [1.165, 1.54) is 37.8 Å². The molecule has 0 aliphatic carbocycles. The molecule has 2 aromatic heterocycles. The van der Waals surface area contributed by atoms with Crippen molar-refractivity contribution >= 4 is 43.4 Å². The van der Waals surface area contributed by atoms with Crippen molar-refractivity contribution in [3.63, 3.8) is 0 Å². The third kappa shape index (κ3) is 6.62. The molecule has 12 heteroatoms. The van der Waals surface area contributed by atoms with Crippen LogP contribution in [0.25, 0.3) is 11.1 Å². The van der Waals surface area contributed by atoms with Gasteiger partial charge in [-0.15, -0.1) is 11.3 Å². The van der Waals surface area contributed by atoms with E-state index >= 15 is 0 Å². The number of Topliss-reactive ketones (excluding diaryl/α,β-unsaturated/α-hetero) is 1. The summed E-state index contributed by atoms with van der Waals surface area (Å²) in [5.74, 6) is -1.31. The molecule has 0 bridgehead atoms. The number of sulfonamides is 1. The predicted molar refractivity (Wildman–Crippen MR) is 155 cm³/mol.